The first kappa shape index (κ1) is 15.0. The Morgan fingerprint density at radius 1 is 1.33 bits per heavy atom. The molecule has 5 heteroatoms. The van der Waals surface area contributed by atoms with E-state index < -0.39 is 0 Å². The highest BCUT2D eigenvalue weighted by molar-refractivity contribution is 7.12. The van der Waals surface area contributed by atoms with Crippen LogP contribution in [0.3, 0.4) is 0 Å². The highest BCUT2D eigenvalue weighted by Crippen LogP contribution is 2.26. The lowest BCUT2D eigenvalue weighted by molar-refractivity contribution is 0.0317. The summed E-state index contributed by atoms with van der Waals surface area (Å²) in [4.78, 5) is 17.9. The van der Waals surface area contributed by atoms with Crippen LogP contribution in [0.1, 0.15) is 41.4 Å². The molecule has 1 saturated heterocycles. The summed E-state index contributed by atoms with van der Waals surface area (Å²) in [6.45, 7) is 5.44. The summed E-state index contributed by atoms with van der Waals surface area (Å²) in [5.41, 5.74) is 1.17. The molecule has 0 unspecified atom stereocenters. The van der Waals surface area contributed by atoms with Gasteiger partial charge in [-0.15, -0.1) is 11.3 Å². The number of carbonyl (C=O) groups is 1. The maximum absolute atomic E-state index is 12.6. The molecule has 1 aliphatic carbocycles. The Labute approximate surface area is 130 Å². The quantitative estimate of drug-likeness (QED) is 0.928. The topological polar surface area (TPSA) is 43.8 Å². The Hall–Kier alpha value is -0.910. The Kier molecular flexibility index (Phi) is 4.62. The summed E-state index contributed by atoms with van der Waals surface area (Å²) in [5.74, 6) is 0.188. The summed E-state index contributed by atoms with van der Waals surface area (Å²) in [6, 6.07) is 2.37. The van der Waals surface area contributed by atoms with Gasteiger partial charge in [0, 0.05) is 32.2 Å². The van der Waals surface area contributed by atoms with Crippen LogP contribution >= 0.6 is 11.3 Å². The molecule has 2 heterocycles. The van der Waals surface area contributed by atoms with Crippen molar-refractivity contribution >= 4 is 17.2 Å². The lowest BCUT2D eigenvalue weighted by atomic mass is 10.1. The van der Waals surface area contributed by atoms with Gasteiger partial charge in [-0.05, 0) is 42.7 Å². The average Bonchev–Trinajstić information content (AvgIpc) is 3.15. The minimum Gasteiger partial charge on any atom is -0.391 e. The van der Waals surface area contributed by atoms with Gasteiger partial charge in [0.15, 0.2) is 0 Å². The van der Waals surface area contributed by atoms with E-state index in [0.717, 1.165) is 56.7 Å². The molecule has 4 nitrogen and oxygen atoms in total. The third-order valence-corrected chi connectivity index (χ3v) is 5.78. The Morgan fingerprint density at radius 3 is 2.71 bits per heavy atom. The lowest BCUT2D eigenvalue weighted by Crippen LogP contribution is -2.53. The summed E-state index contributed by atoms with van der Waals surface area (Å²) in [6.07, 6.45) is 3.90. The number of hydrogen-bond donors (Lipinski definition) is 1. The minimum absolute atomic E-state index is 0.170. The van der Waals surface area contributed by atoms with Gasteiger partial charge in [-0.1, -0.05) is 6.92 Å². The summed E-state index contributed by atoms with van der Waals surface area (Å²) < 4.78 is 0. The molecule has 3 rings (SSSR count). The number of carbonyl (C=O) groups excluding carboxylic acids is 1. The second-order valence-corrected chi connectivity index (χ2v) is 6.94. The normalized spacial score (nSPS) is 27.2. The highest BCUT2D eigenvalue weighted by atomic mass is 32.1. The van der Waals surface area contributed by atoms with Crippen molar-refractivity contribution in [3.63, 3.8) is 0 Å². The fourth-order valence-corrected chi connectivity index (χ4v) is 4.51. The van der Waals surface area contributed by atoms with E-state index in [9.17, 15) is 9.90 Å². The number of rotatable bonds is 3. The maximum atomic E-state index is 12.6. The molecule has 1 N–H and O–H groups in total. The summed E-state index contributed by atoms with van der Waals surface area (Å²) >= 11 is 1.56. The van der Waals surface area contributed by atoms with E-state index in [4.69, 9.17) is 0 Å². The molecule has 21 heavy (non-hydrogen) atoms. The number of nitrogens with zero attached hydrogens (tertiary/aromatic N) is 2. The van der Waals surface area contributed by atoms with Crippen LogP contribution in [0.5, 0.6) is 0 Å². The number of aliphatic hydroxyl groups excluding tert-OH is 1. The highest BCUT2D eigenvalue weighted by Gasteiger charge is 2.33. The second kappa shape index (κ2) is 6.46. The van der Waals surface area contributed by atoms with Crippen molar-refractivity contribution in [1.82, 2.24) is 9.80 Å². The lowest BCUT2D eigenvalue weighted by Gasteiger charge is -2.39. The fraction of sp³-hybridized carbons (Fsp3) is 0.688. The van der Waals surface area contributed by atoms with Gasteiger partial charge in [0.2, 0.25) is 0 Å². The Balaban J connectivity index is 1.59. The molecule has 1 aliphatic heterocycles. The molecule has 116 valence electrons. The van der Waals surface area contributed by atoms with Gasteiger partial charge in [0.25, 0.3) is 5.91 Å². The van der Waals surface area contributed by atoms with Crippen LogP contribution < -0.4 is 0 Å². The van der Waals surface area contributed by atoms with E-state index in [1.54, 1.807) is 11.3 Å². The van der Waals surface area contributed by atoms with Gasteiger partial charge < -0.3 is 10.0 Å². The number of aliphatic hydroxyl groups is 1. The maximum Gasteiger partial charge on any atom is 0.264 e. The first-order chi connectivity index (χ1) is 10.2. The van der Waals surface area contributed by atoms with Gasteiger partial charge in [-0.2, -0.15) is 0 Å². The van der Waals surface area contributed by atoms with Crippen LogP contribution in [0.4, 0.5) is 0 Å². The van der Waals surface area contributed by atoms with Gasteiger partial charge in [0.05, 0.1) is 11.0 Å². The van der Waals surface area contributed by atoms with E-state index in [2.05, 4.69) is 17.9 Å². The zero-order valence-corrected chi connectivity index (χ0v) is 13.4. The third-order valence-electron chi connectivity index (χ3n) is 4.84. The molecule has 0 aromatic carbocycles. The average molecular weight is 308 g/mol. The van der Waals surface area contributed by atoms with Crippen LogP contribution in [-0.4, -0.2) is 59.1 Å². The molecule has 1 amide bonds. The van der Waals surface area contributed by atoms with Gasteiger partial charge in [0.1, 0.15) is 0 Å². The first-order valence-corrected chi connectivity index (χ1v) is 8.86. The van der Waals surface area contributed by atoms with Crippen molar-refractivity contribution in [1.29, 1.82) is 0 Å². The van der Waals surface area contributed by atoms with Crippen LogP contribution in [0, 0.1) is 0 Å². The summed E-state index contributed by atoms with van der Waals surface area (Å²) in [7, 11) is 0. The molecule has 0 radical (unpaired) electrons. The molecule has 1 aromatic heterocycles. The molecule has 2 fully saturated rings. The van der Waals surface area contributed by atoms with Gasteiger partial charge >= 0.3 is 0 Å². The fourth-order valence-electron chi connectivity index (χ4n) is 3.55. The number of amides is 1. The van der Waals surface area contributed by atoms with E-state index in [1.165, 1.54) is 5.56 Å². The molecule has 1 aromatic rings. The zero-order valence-electron chi connectivity index (χ0n) is 12.6. The van der Waals surface area contributed by atoms with Crippen molar-refractivity contribution < 1.29 is 9.90 Å². The second-order valence-electron chi connectivity index (χ2n) is 6.02. The first-order valence-electron chi connectivity index (χ1n) is 7.98. The number of thiophene rings is 1. The van der Waals surface area contributed by atoms with E-state index in [-0.39, 0.29) is 12.0 Å². The van der Waals surface area contributed by atoms with E-state index >= 15 is 0 Å². The van der Waals surface area contributed by atoms with Crippen LogP contribution in [-0.2, 0) is 6.42 Å². The Bertz CT molecular complexity index is 494. The molecule has 1 saturated carbocycles. The minimum atomic E-state index is -0.170. The SMILES string of the molecule is CCc1ccsc1C(=O)N1CCN([C@@H]2CCC[C@@H]2O)CC1. The molecule has 2 atom stereocenters. The molecule has 2 aliphatic rings. The monoisotopic (exact) mass is 308 g/mol. The number of piperazine rings is 1. The van der Waals surface area contributed by atoms with Crippen LogP contribution in [0.15, 0.2) is 11.4 Å². The molecule has 0 bridgehead atoms. The van der Waals surface area contributed by atoms with Crippen molar-refractivity contribution in [2.75, 3.05) is 26.2 Å². The predicted molar refractivity (Wildman–Crippen MR) is 84.8 cm³/mol. The zero-order chi connectivity index (χ0) is 14.8. The van der Waals surface area contributed by atoms with Crippen molar-refractivity contribution in [2.45, 2.75) is 44.8 Å². The Morgan fingerprint density at radius 2 is 2.10 bits per heavy atom. The van der Waals surface area contributed by atoms with Gasteiger partial charge in [-0.25, -0.2) is 0 Å². The predicted octanol–water partition coefficient (Wildman–Crippen LogP) is 1.98. The molecular formula is C16H24N2O2S. The van der Waals surface area contributed by atoms with Crippen molar-refractivity contribution in [3.8, 4) is 0 Å². The van der Waals surface area contributed by atoms with Crippen molar-refractivity contribution in [2.24, 2.45) is 0 Å². The van der Waals surface area contributed by atoms with Crippen LogP contribution in [0.25, 0.3) is 0 Å². The van der Waals surface area contributed by atoms with Crippen LogP contribution in [0.2, 0.25) is 0 Å². The molecule has 0 spiro atoms. The van der Waals surface area contributed by atoms with Crippen molar-refractivity contribution in [3.05, 3.63) is 21.9 Å². The van der Waals surface area contributed by atoms with Gasteiger partial charge in [-0.3, -0.25) is 9.69 Å². The number of hydrogen-bond acceptors (Lipinski definition) is 4. The number of aryl methyl sites for hydroxylation is 1. The van der Waals surface area contributed by atoms with E-state index in [1.807, 2.05) is 10.3 Å². The summed E-state index contributed by atoms with van der Waals surface area (Å²) in [5, 5.41) is 12.0. The standard InChI is InChI=1S/C16H24N2O2S/c1-2-12-6-11-21-15(12)16(20)18-9-7-17(8-10-18)13-4-3-5-14(13)19/h6,11,13-14,19H,2-5,7-10H2,1H3/t13-,14+/m1/s1. The van der Waals surface area contributed by atoms with E-state index in [0.29, 0.717) is 6.04 Å². The smallest absolute Gasteiger partial charge is 0.264 e. The largest absolute Gasteiger partial charge is 0.391 e. The molecular weight excluding hydrogens is 284 g/mol. The third kappa shape index (κ3) is 3.00.